The summed E-state index contributed by atoms with van der Waals surface area (Å²) in [6, 6.07) is -2.52. The first-order valence-corrected chi connectivity index (χ1v) is 7.60. The normalized spacial score (nSPS) is 25.3. The van der Waals surface area contributed by atoms with Gasteiger partial charge in [-0.1, -0.05) is 0 Å². The summed E-state index contributed by atoms with van der Waals surface area (Å²) < 4.78 is 76.3. The number of hydrogen-bond acceptors (Lipinski definition) is 7. The van der Waals surface area contributed by atoms with Gasteiger partial charge in [-0.15, -0.1) is 14.5 Å². The number of urea groups is 1. The van der Waals surface area contributed by atoms with Crippen molar-refractivity contribution in [1.29, 1.82) is 0 Å². The maximum absolute atomic E-state index is 12.5. The van der Waals surface area contributed by atoms with Crippen molar-refractivity contribution in [2.75, 3.05) is 6.54 Å². The third-order valence-electron chi connectivity index (χ3n) is 3.47. The molecule has 0 saturated carbocycles. The first-order valence-electron chi connectivity index (χ1n) is 6.23. The highest BCUT2D eigenvalue weighted by Gasteiger charge is 2.50. The fraction of sp³-hybridized carbons (Fsp3) is 0.667. The van der Waals surface area contributed by atoms with E-state index in [2.05, 4.69) is 18.9 Å². The number of amides is 2. The van der Waals surface area contributed by atoms with E-state index in [1.165, 1.54) is 0 Å². The number of rotatable bonds is 3. The predicted octanol–water partition coefficient (Wildman–Crippen LogP) is 0.764. The van der Waals surface area contributed by atoms with E-state index in [1.54, 1.807) is 0 Å². The van der Waals surface area contributed by atoms with Crippen LogP contribution in [-0.4, -0.2) is 51.7 Å². The lowest BCUT2D eigenvalue weighted by molar-refractivity contribution is -0.157. The monoisotopic (exact) mass is 358 g/mol. The van der Waals surface area contributed by atoms with Gasteiger partial charge in [0.05, 0.1) is 6.04 Å². The smallest absolute Gasteiger partial charge is 0.415 e. The average Bonchev–Trinajstić information content (AvgIpc) is 2.99. The van der Waals surface area contributed by atoms with Crippen molar-refractivity contribution < 1.29 is 39.6 Å². The lowest BCUT2D eigenvalue weighted by Crippen LogP contribution is -2.35. The van der Waals surface area contributed by atoms with E-state index in [1.807, 2.05) is 0 Å². The molecule has 0 aliphatic carbocycles. The predicted molar refractivity (Wildman–Crippen MR) is 61.6 cm³/mol. The van der Waals surface area contributed by atoms with Gasteiger partial charge in [0, 0.05) is 6.54 Å². The summed E-state index contributed by atoms with van der Waals surface area (Å²) in [4.78, 5) is 13.1. The van der Waals surface area contributed by atoms with Crippen molar-refractivity contribution in [2.24, 2.45) is 0 Å². The molecule has 1 N–H and O–H groups in total. The zero-order chi connectivity index (χ0) is 17.0. The number of aromatic nitrogens is 2. The van der Waals surface area contributed by atoms with Gasteiger partial charge in [-0.3, -0.25) is 4.55 Å². The second-order valence-corrected chi connectivity index (χ2v) is 5.96. The number of hydrogen-bond donors (Lipinski definition) is 1. The van der Waals surface area contributed by atoms with Gasteiger partial charge < -0.3 is 9.32 Å². The molecular formula is C9H9F3N4O6S. The van der Waals surface area contributed by atoms with Crippen molar-refractivity contribution in [1.82, 2.24) is 20.2 Å². The van der Waals surface area contributed by atoms with Gasteiger partial charge in [-0.25, -0.2) is 4.79 Å². The summed E-state index contributed by atoms with van der Waals surface area (Å²) in [7, 11) is -4.90. The minimum atomic E-state index is -4.90. The fourth-order valence-electron chi connectivity index (χ4n) is 2.57. The molecular weight excluding hydrogens is 349 g/mol. The Balaban J connectivity index is 1.83. The van der Waals surface area contributed by atoms with Gasteiger partial charge in [0.2, 0.25) is 5.89 Å². The molecule has 128 valence electrons. The largest absolute Gasteiger partial charge is 0.470 e. The van der Waals surface area contributed by atoms with Crippen molar-refractivity contribution in [3.8, 4) is 0 Å². The molecule has 2 atom stereocenters. The van der Waals surface area contributed by atoms with Crippen LogP contribution in [0.25, 0.3) is 0 Å². The highest BCUT2D eigenvalue weighted by molar-refractivity contribution is 7.80. The minimum absolute atomic E-state index is 0.0112. The number of hydroxylamine groups is 2. The van der Waals surface area contributed by atoms with E-state index >= 15 is 0 Å². The topological polar surface area (TPSA) is 126 Å². The molecule has 2 amide bonds. The summed E-state index contributed by atoms with van der Waals surface area (Å²) in [6.07, 6.45) is -4.43. The second-order valence-electron chi connectivity index (χ2n) is 4.95. The van der Waals surface area contributed by atoms with Crippen molar-refractivity contribution >= 4 is 16.4 Å². The molecule has 3 rings (SSSR count). The number of fused-ring (bicyclic) bond motifs is 2. The van der Waals surface area contributed by atoms with E-state index in [9.17, 15) is 26.4 Å². The Morgan fingerprint density at radius 2 is 2.00 bits per heavy atom. The minimum Gasteiger partial charge on any atom is -0.415 e. The lowest BCUT2D eigenvalue weighted by atomic mass is 10.0. The van der Waals surface area contributed by atoms with Gasteiger partial charge in [0.1, 0.15) is 6.04 Å². The number of halogens is 3. The van der Waals surface area contributed by atoms with Gasteiger partial charge in [-0.05, 0) is 12.8 Å². The van der Waals surface area contributed by atoms with Gasteiger partial charge in [0.15, 0.2) is 0 Å². The van der Waals surface area contributed by atoms with Crippen molar-refractivity contribution in [3.63, 3.8) is 0 Å². The zero-order valence-corrected chi connectivity index (χ0v) is 11.9. The Hall–Kier alpha value is -1.93. The number of nitrogens with zero attached hydrogens (tertiary/aromatic N) is 4. The standard InChI is InChI=1S/C9H9F3N4O6S/c10-9(11,12)7-14-13-6(21-7)5-2-1-4-3-15(5)8(17)16(4)22-23(18,19)20/h4-5H,1-3H2,(H,18,19,20)/t4-,5-/m1/s1. The van der Waals surface area contributed by atoms with E-state index in [0.717, 1.165) is 4.90 Å². The van der Waals surface area contributed by atoms with Crippen LogP contribution in [0.4, 0.5) is 18.0 Å². The number of alkyl halides is 3. The van der Waals surface area contributed by atoms with Crippen molar-refractivity contribution in [2.45, 2.75) is 31.1 Å². The van der Waals surface area contributed by atoms with Crippen LogP contribution in [0.15, 0.2) is 4.42 Å². The molecule has 0 spiro atoms. The van der Waals surface area contributed by atoms with Crippen LogP contribution in [0.5, 0.6) is 0 Å². The Morgan fingerprint density at radius 3 is 2.57 bits per heavy atom. The van der Waals surface area contributed by atoms with Crippen LogP contribution >= 0.6 is 0 Å². The maximum Gasteiger partial charge on any atom is 0.470 e. The average molecular weight is 358 g/mol. The van der Waals surface area contributed by atoms with Crippen LogP contribution in [0.2, 0.25) is 0 Å². The quantitative estimate of drug-likeness (QED) is 0.785. The molecule has 2 saturated heterocycles. The van der Waals surface area contributed by atoms with E-state index < -0.39 is 46.5 Å². The molecule has 1 aromatic rings. The Bertz CT molecular complexity index is 734. The summed E-state index contributed by atoms with van der Waals surface area (Å²) >= 11 is 0. The Morgan fingerprint density at radius 1 is 1.30 bits per heavy atom. The van der Waals surface area contributed by atoms with E-state index in [0.29, 0.717) is 5.06 Å². The summed E-state index contributed by atoms with van der Waals surface area (Å²) in [5, 5.41) is 6.66. The van der Waals surface area contributed by atoms with Crippen molar-refractivity contribution in [3.05, 3.63) is 11.8 Å². The second kappa shape index (κ2) is 5.04. The molecule has 2 aliphatic heterocycles. The molecule has 2 bridgehead atoms. The molecule has 1 aromatic heterocycles. The molecule has 0 aromatic carbocycles. The molecule has 14 heteroatoms. The summed E-state index contributed by atoms with van der Waals surface area (Å²) in [5.41, 5.74) is 0. The zero-order valence-electron chi connectivity index (χ0n) is 11.1. The number of piperidine rings is 1. The summed E-state index contributed by atoms with van der Waals surface area (Å²) in [6.45, 7) is -0.0112. The van der Waals surface area contributed by atoms with Gasteiger partial charge in [-0.2, -0.15) is 26.7 Å². The Labute approximate surface area is 126 Å². The van der Waals surface area contributed by atoms with E-state index in [4.69, 9.17) is 4.55 Å². The third-order valence-corrected chi connectivity index (χ3v) is 3.81. The van der Waals surface area contributed by atoms with Crippen LogP contribution in [0.3, 0.4) is 0 Å². The first-order chi connectivity index (χ1) is 10.6. The van der Waals surface area contributed by atoms with Crippen LogP contribution in [-0.2, 0) is 20.9 Å². The Kier molecular flexibility index (Phi) is 3.49. The molecule has 0 unspecified atom stereocenters. The molecule has 23 heavy (non-hydrogen) atoms. The molecule has 2 aliphatic rings. The first kappa shape index (κ1) is 15.9. The highest BCUT2D eigenvalue weighted by Crippen LogP contribution is 2.39. The lowest BCUT2D eigenvalue weighted by Gasteiger charge is -2.27. The molecule has 2 fully saturated rings. The van der Waals surface area contributed by atoms with E-state index in [-0.39, 0.29) is 19.4 Å². The van der Waals surface area contributed by atoms with Crippen LogP contribution in [0.1, 0.15) is 30.7 Å². The van der Waals surface area contributed by atoms with Crippen LogP contribution < -0.4 is 0 Å². The SMILES string of the molecule is O=C1N2C[C@@H](CC[C@@H]2c2nnc(C(F)(F)F)o2)N1OS(=O)(=O)O. The maximum atomic E-state index is 12.5. The van der Waals surface area contributed by atoms with Crippen LogP contribution in [0, 0.1) is 0 Å². The molecule has 0 radical (unpaired) electrons. The third kappa shape index (κ3) is 2.96. The molecule has 3 heterocycles. The van der Waals surface area contributed by atoms with Gasteiger partial charge in [0.25, 0.3) is 0 Å². The number of carbonyl (C=O) groups is 1. The highest BCUT2D eigenvalue weighted by atomic mass is 32.3. The molecule has 10 nitrogen and oxygen atoms in total. The van der Waals surface area contributed by atoms with Gasteiger partial charge >= 0.3 is 28.5 Å². The summed E-state index contributed by atoms with van der Waals surface area (Å²) in [5.74, 6) is -1.94. The fourth-order valence-corrected chi connectivity index (χ4v) is 2.96. The number of carbonyl (C=O) groups excluding carboxylic acids is 1.